The van der Waals surface area contributed by atoms with E-state index in [9.17, 15) is 28.0 Å². The third-order valence-electron chi connectivity index (χ3n) is 2.65. The molecule has 21 heavy (non-hydrogen) atoms. The summed E-state index contributed by atoms with van der Waals surface area (Å²) < 4.78 is 43.3. The summed E-state index contributed by atoms with van der Waals surface area (Å²) in [7, 11) is -1.51. The van der Waals surface area contributed by atoms with Gasteiger partial charge in [-0.1, -0.05) is 0 Å². The van der Waals surface area contributed by atoms with Gasteiger partial charge in [-0.15, -0.1) is 0 Å². The number of aliphatic hydroxyl groups excluding tert-OH is 1. The van der Waals surface area contributed by atoms with Gasteiger partial charge < -0.3 is 9.84 Å². The van der Waals surface area contributed by atoms with Crippen molar-refractivity contribution >= 4 is 15.7 Å². The maximum Gasteiger partial charge on any atom is 0.304 e. The number of halogens is 1. The van der Waals surface area contributed by atoms with Crippen LogP contribution in [0.3, 0.4) is 0 Å². The number of nitro benzene ring substituents is 1. The molecule has 1 aromatic rings. The third kappa shape index (κ3) is 4.17. The van der Waals surface area contributed by atoms with Crippen LogP contribution in [0.1, 0.15) is 0 Å². The van der Waals surface area contributed by atoms with E-state index in [-0.39, 0.29) is 13.2 Å². The number of ether oxygens (including phenoxy) is 1. The standard InChI is InChI=1S/C11H15FN2O6S/c1-13(6-8(15)7-20-2)21(18,19)9-3-4-11(14(16)17)10(12)5-9/h3-5,8,15H,6-7H2,1-2H3. The van der Waals surface area contributed by atoms with Gasteiger partial charge in [0.05, 0.1) is 22.5 Å². The molecule has 0 saturated carbocycles. The number of nitro groups is 1. The molecule has 0 aliphatic rings. The molecule has 0 amide bonds. The number of methoxy groups -OCH3 is 1. The lowest BCUT2D eigenvalue weighted by molar-refractivity contribution is -0.387. The van der Waals surface area contributed by atoms with E-state index < -0.39 is 37.5 Å². The number of nitrogens with zero attached hydrogens (tertiary/aromatic N) is 2. The molecule has 1 unspecified atom stereocenters. The molecule has 1 atom stereocenters. The Morgan fingerprint density at radius 1 is 1.52 bits per heavy atom. The topological polar surface area (TPSA) is 110 Å². The van der Waals surface area contributed by atoms with E-state index in [1.807, 2.05) is 0 Å². The molecule has 10 heteroatoms. The average Bonchev–Trinajstić information content (AvgIpc) is 2.38. The zero-order valence-electron chi connectivity index (χ0n) is 11.4. The SMILES string of the molecule is COCC(O)CN(C)S(=O)(=O)c1ccc([N+](=O)[O-])c(F)c1. The monoisotopic (exact) mass is 322 g/mol. The molecule has 1 N–H and O–H groups in total. The Bertz CT molecular complexity index is 621. The van der Waals surface area contributed by atoms with Gasteiger partial charge in [0.25, 0.3) is 0 Å². The second kappa shape index (κ2) is 6.89. The fourth-order valence-electron chi connectivity index (χ4n) is 1.62. The summed E-state index contributed by atoms with van der Waals surface area (Å²) in [5.74, 6) is -1.24. The Morgan fingerprint density at radius 2 is 2.14 bits per heavy atom. The molecule has 0 fully saturated rings. The van der Waals surface area contributed by atoms with Crippen molar-refractivity contribution in [2.24, 2.45) is 0 Å². The smallest absolute Gasteiger partial charge is 0.304 e. The van der Waals surface area contributed by atoms with E-state index in [1.165, 1.54) is 14.2 Å². The zero-order valence-corrected chi connectivity index (χ0v) is 12.2. The van der Waals surface area contributed by atoms with Gasteiger partial charge >= 0.3 is 5.69 Å². The molecule has 0 radical (unpaired) electrons. The van der Waals surface area contributed by atoms with Crippen LogP contribution in [0, 0.1) is 15.9 Å². The van der Waals surface area contributed by atoms with Crippen LogP contribution in [0.2, 0.25) is 0 Å². The van der Waals surface area contributed by atoms with Crippen LogP contribution in [0.5, 0.6) is 0 Å². The van der Waals surface area contributed by atoms with Crippen molar-refractivity contribution in [1.82, 2.24) is 4.31 Å². The van der Waals surface area contributed by atoms with Crippen LogP contribution in [0.25, 0.3) is 0 Å². The lowest BCUT2D eigenvalue weighted by atomic mass is 10.3. The normalized spacial score (nSPS) is 13.4. The molecule has 0 saturated heterocycles. The number of sulfonamides is 1. The molecule has 1 aromatic carbocycles. The van der Waals surface area contributed by atoms with Crippen molar-refractivity contribution in [3.8, 4) is 0 Å². The minimum atomic E-state index is -4.06. The van der Waals surface area contributed by atoms with Crippen molar-refractivity contribution in [2.75, 3.05) is 27.3 Å². The van der Waals surface area contributed by atoms with Crippen LogP contribution < -0.4 is 0 Å². The minimum absolute atomic E-state index is 0.0610. The Labute approximate surface area is 121 Å². The van der Waals surface area contributed by atoms with Gasteiger partial charge in [-0.3, -0.25) is 10.1 Å². The van der Waals surface area contributed by atoms with Crippen molar-refractivity contribution in [3.05, 3.63) is 34.1 Å². The number of hydrogen-bond donors (Lipinski definition) is 1. The maximum atomic E-state index is 13.5. The summed E-state index contributed by atoms with van der Waals surface area (Å²) in [6, 6.07) is 2.30. The summed E-state index contributed by atoms with van der Waals surface area (Å²) in [6.07, 6.45) is -1.04. The predicted molar refractivity (Wildman–Crippen MR) is 70.8 cm³/mol. The second-order valence-electron chi connectivity index (χ2n) is 4.27. The Morgan fingerprint density at radius 3 is 2.62 bits per heavy atom. The molecule has 0 aliphatic heterocycles. The lowest BCUT2D eigenvalue weighted by Gasteiger charge is -2.20. The number of hydrogen-bond acceptors (Lipinski definition) is 6. The number of likely N-dealkylation sites (N-methyl/N-ethyl adjacent to an activating group) is 1. The maximum absolute atomic E-state index is 13.5. The van der Waals surface area contributed by atoms with Crippen molar-refractivity contribution < 1.29 is 27.6 Å². The van der Waals surface area contributed by atoms with E-state index in [0.717, 1.165) is 16.4 Å². The third-order valence-corrected chi connectivity index (χ3v) is 4.47. The van der Waals surface area contributed by atoms with Crippen LogP contribution >= 0.6 is 0 Å². The first-order valence-electron chi connectivity index (χ1n) is 5.77. The first-order valence-corrected chi connectivity index (χ1v) is 7.21. The molecule has 0 spiro atoms. The van der Waals surface area contributed by atoms with Gasteiger partial charge in [0, 0.05) is 32.8 Å². The van der Waals surface area contributed by atoms with Gasteiger partial charge in [-0.2, -0.15) is 8.70 Å². The summed E-state index contributed by atoms with van der Waals surface area (Å²) in [4.78, 5) is 9.11. The summed E-state index contributed by atoms with van der Waals surface area (Å²) >= 11 is 0. The molecule has 0 bridgehead atoms. The minimum Gasteiger partial charge on any atom is -0.389 e. The lowest BCUT2D eigenvalue weighted by Crippen LogP contribution is -2.36. The number of rotatable bonds is 7. The Hall–Kier alpha value is -1.62. The highest BCUT2D eigenvalue weighted by Gasteiger charge is 2.25. The summed E-state index contributed by atoms with van der Waals surface area (Å²) in [5, 5.41) is 20.0. The molecule has 118 valence electrons. The van der Waals surface area contributed by atoms with E-state index in [4.69, 9.17) is 0 Å². The average molecular weight is 322 g/mol. The van der Waals surface area contributed by atoms with E-state index in [2.05, 4.69) is 4.74 Å². The summed E-state index contributed by atoms with van der Waals surface area (Å²) in [6.45, 7) is -0.316. The molecule has 0 aliphatic carbocycles. The first kappa shape index (κ1) is 17.4. The van der Waals surface area contributed by atoms with Crippen LogP contribution in [-0.4, -0.2) is 56.2 Å². The van der Waals surface area contributed by atoms with Gasteiger partial charge in [-0.05, 0) is 6.07 Å². The van der Waals surface area contributed by atoms with Crippen LogP contribution in [0.15, 0.2) is 23.1 Å². The second-order valence-corrected chi connectivity index (χ2v) is 6.31. The van der Waals surface area contributed by atoms with Gasteiger partial charge in [0.1, 0.15) is 0 Å². The molecule has 0 heterocycles. The fourth-order valence-corrected chi connectivity index (χ4v) is 2.84. The number of benzene rings is 1. The van der Waals surface area contributed by atoms with E-state index in [1.54, 1.807) is 0 Å². The van der Waals surface area contributed by atoms with Gasteiger partial charge in [-0.25, -0.2) is 8.42 Å². The van der Waals surface area contributed by atoms with Crippen LogP contribution in [0.4, 0.5) is 10.1 Å². The highest BCUT2D eigenvalue weighted by Crippen LogP contribution is 2.22. The summed E-state index contributed by atoms with van der Waals surface area (Å²) in [5.41, 5.74) is -0.809. The quantitative estimate of drug-likeness (QED) is 0.573. The van der Waals surface area contributed by atoms with Crippen molar-refractivity contribution in [2.45, 2.75) is 11.0 Å². The molecular weight excluding hydrogens is 307 g/mol. The predicted octanol–water partition coefficient (Wildman–Crippen LogP) is 0.362. The Balaban J connectivity index is 3.02. The molecular formula is C11H15FN2O6S. The van der Waals surface area contributed by atoms with Crippen molar-refractivity contribution in [3.63, 3.8) is 0 Å². The highest BCUT2D eigenvalue weighted by molar-refractivity contribution is 7.89. The molecule has 0 aromatic heterocycles. The van der Waals surface area contributed by atoms with E-state index >= 15 is 0 Å². The largest absolute Gasteiger partial charge is 0.389 e. The van der Waals surface area contributed by atoms with Crippen LogP contribution in [-0.2, 0) is 14.8 Å². The first-order chi connectivity index (χ1) is 9.70. The van der Waals surface area contributed by atoms with Gasteiger partial charge in [0.2, 0.25) is 15.8 Å². The zero-order chi connectivity index (χ0) is 16.2. The van der Waals surface area contributed by atoms with Crippen molar-refractivity contribution in [1.29, 1.82) is 0 Å². The fraction of sp³-hybridized carbons (Fsp3) is 0.455. The highest BCUT2D eigenvalue weighted by atomic mass is 32.2. The number of aliphatic hydroxyl groups is 1. The Kier molecular flexibility index (Phi) is 5.72. The van der Waals surface area contributed by atoms with Gasteiger partial charge in [0.15, 0.2) is 0 Å². The van der Waals surface area contributed by atoms with E-state index in [0.29, 0.717) is 6.07 Å². The molecule has 1 rings (SSSR count). The molecule has 8 nitrogen and oxygen atoms in total.